The van der Waals surface area contributed by atoms with Gasteiger partial charge in [0.15, 0.2) is 0 Å². The zero-order chi connectivity index (χ0) is 18.5. The summed E-state index contributed by atoms with van der Waals surface area (Å²) in [5, 5.41) is 6.32. The Balaban J connectivity index is 0.00000261. The summed E-state index contributed by atoms with van der Waals surface area (Å²) in [6, 6.07) is 15.8. The predicted octanol–water partition coefficient (Wildman–Crippen LogP) is 3.37. The van der Waals surface area contributed by atoms with E-state index in [1.54, 1.807) is 4.68 Å². The third kappa shape index (κ3) is 5.08. The molecule has 0 spiro atoms. The van der Waals surface area contributed by atoms with E-state index in [2.05, 4.69) is 22.1 Å². The van der Waals surface area contributed by atoms with Crippen LogP contribution in [-0.2, 0) is 13.0 Å². The second kappa shape index (κ2) is 9.53. The van der Waals surface area contributed by atoms with Gasteiger partial charge in [0.05, 0.1) is 24.2 Å². The van der Waals surface area contributed by atoms with Crippen molar-refractivity contribution < 1.29 is 4.74 Å². The molecule has 0 aliphatic heterocycles. The number of hydrogen-bond acceptors (Lipinski definition) is 4. The highest BCUT2D eigenvalue weighted by Gasteiger charge is 2.11. The standard InChI is InChI=1S/C21H25N3O2.ClH/c1-4-26-17-11-9-16(10-12-17)15-20-18-7-5-6-8-19(18)21(25)24(22-20)14-13-23(2)3;/h5-12H,4,13-15H2,1-3H3;1H. The lowest BCUT2D eigenvalue weighted by Crippen LogP contribution is -2.29. The van der Waals surface area contributed by atoms with Crippen LogP contribution in [0, 0.1) is 0 Å². The topological polar surface area (TPSA) is 47.4 Å². The molecule has 0 fully saturated rings. The first-order valence-corrected chi connectivity index (χ1v) is 8.93. The predicted molar refractivity (Wildman–Crippen MR) is 112 cm³/mol. The number of hydrogen-bond donors (Lipinski definition) is 0. The number of ether oxygens (including phenoxy) is 1. The Kier molecular flexibility index (Phi) is 7.39. The van der Waals surface area contributed by atoms with Crippen LogP contribution in [0.5, 0.6) is 5.75 Å². The van der Waals surface area contributed by atoms with Gasteiger partial charge in [-0.05, 0) is 44.8 Å². The van der Waals surface area contributed by atoms with Crippen molar-refractivity contribution in [3.8, 4) is 5.75 Å². The van der Waals surface area contributed by atoms with Crippen LogP contribution in [0.25, 0.3) is 10.8 Å². The molecule has 3 rings (SSSR count). The molecule has 2 aromatic carbocycles. The SMILES string of the molecule is CCOc1ccc(Cc2nn(CCN(C)C)c(=O)c3ccccc23)cc1.Cl. The second-order valence-corrected chi connectivity index (χ2v) is 6.58. The minimum Gasteiger partial charge on any atom is -0.494 e. The molecule has 0 amide bonds. The summed E-state index contributed by atoms with van der Waals surface area (Å²) in [6.07, 6.45) is 0.676. The average molecular weight is 388 g/mol. The Morgan fingerprint density at radius 1 is 1.04 bits per heavy atom. The molecule has 144 valence electrons. The van der Waals surface area contributed by atoms with Gasteiger partial charge in [-0.25, -0.2) is 4.68 Å². The molecule has 0 N–H and O–H groups in total. The van der Waals surface area contributed by atoms with Crippen LogP contribution in [-0.4, -0.2) is 41.9 Å². The molecule has 5 nitrogen and oxygen atoms in total. The van der Waals surface area contributed by atoms with Gasteiger partial charge in [0.25, 0.3) is 5.56 Å². The van der Waals surface area contributed by atoms with Gasteiger partial charge in [0, 0.05) is 18.4 Å². The van der Waals surface area contributed by atoms with Crippen molar-refractivity contribution in [2.45, 2.75) is 19.9 Å². The monoisotopic (exact) mass is 387 g/mol. The fourth-order valence-electron chi connectivity index (χ4n) is 2.95. The van der Waals surface area contributed by atoms with Crippen molar-refractivity contribution in [3.05, 3.63) is 70.1 Å². The zero-order valence-electron chi connectivity index (χ0n) is 16.0. The zero-order valence-corrected chi connectivity index (χ0v) is 16.8. The maximum atomic E-state index is 12.7. The fraction of sp³-hybridized carbons (Fsp3) is 0.333. The van der Waals surface area contributed by atoms with Gasteiger partial charge in [0.1, 0.15) is 5.75 Å². The van der Waals surface area contributed by atoms with Gasteiger partial charge in [-0.3, -0.25) is 4.79 Å². The summed E-state index contributed by atoms with van der Waals surface area (Å²) < 4.78 is 7.09. The molecular formula is C21H26ClN3O2. The molecule has 0 saturated carbocycles. The number of nitrogens with zero attached hydrogens (tertiary/aromatic N) is 3. The summed E-state index contributed by atoms with van der Waals surface area (Å²) in [5.41, 5.74) is 2.03. The first kappa shape index (κ1) is 20.9. The molecule has 6 heteroatoms. The van der Waals surface area contributed by atoms with Crippen LogP contribution in [0.4, 0.5) is 0 Å². The molecule has 0 radical (unpaired) electrons. The second-order valence-electron chi connectivity index (χ2n) is 6.58. The lowest BCUT2D eigenvalue weighted by molar-refractivity contribution is 0.340. The van der Waals surface area contributed by atoms with E-state index in [1.165, 1.54) is 0 Å². The van der Waals surface area contributed by atoms with Crippen molar-refractivity contribution in [1.29, 1.82) is 0 Å². The largest absolute Gasteiger partial charge is 0.494 e. The molecule has 0 saturated heterocycles. The van der Waals surface area contributed by atoms with Crippen LogP contribution in [0.15, 0.2) is 53.3 Å². The molecule has 0 atom stereocenters. The highest BCUT2D eigenvalue weighted by atomic mass is 35.5. The van der Waals surface area contributed by atoms with E-state index in [1.807, 2.05) is 57.4 Å². The van der Waals surface area contributed by atoms with Crippen LogP contribution >= 0.6 is 12.4 Å². The molecule has 3 aromatic rings. The van der Waals surface area contributed by atoms with Crippen LogP contribution < -0.4 is 10.3 Å². The highest BCUT2D eigenvalue weighted by molar-refractivity contribution is 5.85. The minimum absolute atomic E-state index is 0. The van der Waals surface area contributed by atoms with Gasteiger partial charge in [-0.1, -0.05) is 30.3 Å². The summed E-state index contributed by atoms with van der Waals surface area (Å²) in [6.45, 7) is 3.98. The Hall–Kier alpha value is -2.37. The minimum atomic E-state index is -0.0297. The Morgan fingerprint density at radius 3 is 2.33 bits per heavy atom. The molecule has 0 aliphatic rings. The van der Waals surface area contributed by atoms with E-state index >= 15 is 0 Å². The average Bonchev–Trinajstić information content (AvgIpc) is 2.65. The van der Waals surface area contributed by atoms with E-state index in [-0.39, 0.29) is 18.0 Å². The third-order valence-electron chi connectivity index (χ3n) is 4.31. The maximum absolute atomic E-state index is 12.7. The van der Waals surface area contributed by atoms with Crippen molar-refractivity contribution in [2.75, 3.05) is 27.2 Å². The Morgan fingerprint density at radius 2 is 1.70 bits per heavy atom. The van der Waals surface area contributed by atoms with Crippen molar-refractivity contribution >= 4 is 23.2 Å². The van der Waals surface area contributed by atoms with Crippen molar-refractivity contribution in [3.63, 3.8) is 0 Å². The number of benzene rings is 2. The number of aromatic nitrogens is 2. The van der Waals surface area contributed by atoms with Gasteiger partial charge in [0.2, 0.25) is 0 Å². The molecule has 27 heavy (non-hydrogen) atoms. The lowest BCUT2D eigenvalue weighted by Gasteiger charge is -2.14. The molecule has 0 unspecified atom stereocenters. The normalized spacial score (nSPS) is 10.8. The van der Waals surface area contributed by atoms with E-state index in [9.17, 15) is 4.79 Å². The molecule has 1 heterocycles. The quantitative estimate of drug-likeness (QED) is 0.623. The van der Waals surface area contributed by atoms with E-state index in [4.69, 9.17) is 4.74 Å². The third-order valence-corrected chi connectivity index (χ3v) is 4.31. The number of halogens is 1. The lowest BCUT2D eigenvalue weighted by atomic mass is 10.0. The number of likely N-dealkylation sites (N-methyl/N-ethyl adjacent to an activating group) is 1. The van der Waals surface area contributed by atoms with Gasteiger partial charge in [-0.2, -0.15) is 5.10 Å². The first-order valence-electron chi connectivity index (χ1n) is 8.93. The summed E-state index contributed by atoms with van der Waals surface area (Å²) in [7, 11) is 3.99. The molecular weight excluding hydrogens is 362 g/mol. The van der Waals surface area contributed by atoms with Crippen LogP contribution in [0.1, 0.15) is 18.2 Å². The number of fused-ring (bicyclic) bond motifs is 1. The summed E-state index contributed by atoms with van der Waals surface area (Å²) in [5.74, 6) is 0.866. The number of rotatable bonds is 7. The summed E-state index contributed by atoms with van der Waals surface area (Å²) >= 11 is 0. The fourth-order valence-corrected chi connectivity index (χ4v) is 2.95. The maximum Gasteiger partial charge on any atom is 0.274 e. The highest BCUT2D eigenvalue weighted by Crippen LogP contribution is 2.19. The van der Waals surface area contributed by atoms with Gasteiger partial charge < -0.3 is 9.64 Å². The first-order chi connectivity index (χ1) is 12.6. The Labute approximate surface area is 166 Å². The van der Waals surface area contributed by atoms with Gasteiger partial charge in [-0.15, -0.1) is 12.4 Å². The van der Waals surface area contributed by atoms with Crippen LogP contribution in [0.2, 0.25) is 0 Å². The molecule has 0 bridgehead atoms. The Bertz CT molecular complexity index is 936. The molecule has 0 aliphatic carbocycles. The molecule has 1 aromatic heterocycles. The van der Waals surface area contributed by atoms with E-state index in [0.29, 0.717) is 19.6 Å². The smallest absolute Gasteiger partial charge is 0.274 e. The van der Waals surface area contributed by atoms with Crippen molar-refractivity contribution in [1.82, 2.24) is 14.7 Å². The van der Waals surface area contributed by atoms with E-state index < -0.39 is 0 Å². The van der Waals surface area contributed by atoms with Crippen molar-refractivity contribution in [2.24, 2.45) is 0 Å². The van der Waals surface area contributed by atoms with Crippen LogP contribution in [0.3, 0.4) is 0 Å². The summed E-state index contributed by atoms with van der Waals surface area (Å²) in [4.78, 5) is 14.8. The van der Waals surface area contributed by atoms with E-state index in [0.717, 1.165) is 34.3 Å². The van der Waals surface area contributed by atoms with Gasteiger partial charge >= 0.3 is 0 Å².